The van der Waals surface area contributed by atoms with E-state index < -0.39 is 16.1 Å². The Morgan fingerprint density at radius 2 is 1.74 bits per heavy atom. The quantitative estimate of drug-likeness (QED) is 0.621. The molecule has 2 aromatic rings. The first-order valence-electron chi connectivity index (χ1n) is 6.98. The van der Waals surface area contributed by atoms with E-state index in [0.29, 0.717) is 5.56 Å². The summed E-state index contributed by atoms with van der Waals surface area (Å²) in [5.74, 6) is -0.698. The predicted octanol–water partition coefficient (Wildman–Crippen LogP) is 3.00. The molecule has 0 aliphatic carbocycles. The summed E-state index contributed by atoms with van der Waals surface area (Å²) >= 11 is 0. The summed E-state index contributed by atoms with van der Waals surface area (Å²) in [6.45, 7) is 3.47. The summed E-state index contributed by atoms with van der Waals surface area (Å²) in [5, 5.41) is 0. The van der Waals surface area contributed by atoms with Gasteiger partial charge in [-0.2, -0.15) is 8.42 Å². The topological polar surface area (TPSA) is 69.7 Å². The third kappa shape index (κ3) is 3.97. The number of hydrogen-bond acceptors (Lipinski definition) is 5. The minimum atomic E-state index is -4.01. The second-order valence-electron chi connectivity index (χ2n) is 5.14. The molecule has 0 spiro atoms. The molecule has 0 atom stereocenters. The van der Waals surface area contributed by atoms with Gasteiger partial charge in [0.1, 0.15) is 11.5 Å². The summed E-state index contributed by atoms with van der Waals surface area (Å²) in [5.41, 5.74) is 2.02. The summed E-state index contributed by atoms with van der Waals surface area (Å²) in [6.07, 6.45) is 0. The number of carbonyl (C=O) groups excluding carboxylic acids is 1. The fraction of sp³-hybridized carbons (Fsp3) is 0.235. The first-order valence-corrected chi connectivity index (χ1v) is 8.39. The third-order valence-electron chi connectivity index (χ3n) is 3.32. The SMILES string of the molecule is COS(=O)(=O)c1c(C)cc(C)cc1C(=O)OCc1ccccc1. The fourth-order valence-corrected chi connectivity index (χ4v) is 3.35. The molecule has 2 rings (SSSR count). The van der Waals surface area contributed by atoms with Crippen molar-refractivity contribution in [1.29, 1.82) is 0 Å². The number of aryl methyl sites for hydroxylation is 2. The second kappa shape index (κ2) is 6.93. The van der Waals surface area contributed by atoms with Crippen LogP contribution in [-0.4, -0.2) is 21.5 Å². The highest BCUT2D eigenvalue weighted by Gasteiger charge is 2.26. The zero-order valence-corrected chi connectivity index (χ0v) is 14.0. The molecular weight excluding hydrogens is 316 g/mol. The Kier molecular flexibility index (Phi) is 5.18. The first-order chi connectivity index (χ1) is 10.8. The molecule has 0 aliphatic heterocycles. The third-order valence-corrected chi connectivity index (χ3v) is 4.80. The number of rotatable bonds is 5. The van der Waals surface area contributed by atoms with E-state index in [1.807, 2.05) is 30.3 Å². The van der Waals surface area contributed by atoms with Gasteiger partial charge in [0, 0.05) is 0 Å². The van der Waals surface area contributed by atoms with Gasteiger partial charge in [-0.25, -0.2) is 4.79 Å². The van der Waals surface area contributed by atoms with Crippen LogP contribution in [0.25, 0.3) is 0 Å². The van der Waals surface area contributed by atoms with Crippen molar-refractivity contribution in [3.05, 3.63) is 64.7 Å². The molecule has 0 saturated carbocycles. The van der Waals surface area contributed by atoms with Gasteiger partial charge in [0.15, 0.2) is 0 Å². The molecule has 0 amide bonds. The molecule has 0 saturated heterocycles. The molecule has 6 heteroatoms. The zero-order valence-electron chi connectivity index (χ0n) is 13.2. The molecule has 0 aromatic heterocycles. The van der Waals surface area contributed by atoms with Crippen molar-refractivity contribution in [3.63, 3.8) is 0 Å². The van der Waals surface area contributed by atoms with Gasteiger partial charge in [-0.05, 0) is 36.6 Å². The average Bonchev–Trinajstić information content (AvgIpc) is 2.52. The smallest absolute Gasteiger partial charge is 0.339 e. The Morgan fingerprint density at radius 1 is 1.09 bits per heavy atom. The molecule has 0 N–H and O–H groups in total. The Bertz CT molecular complexity index is 810. The summed E-state index contributed by atoms with van der Waals surface area (Å²) < 4.78 is 34.0. The van der Waals surface area contributed by atoms with Gasteiger partial charge in [-0.3, -0.25) is 4.18 Å². The lowest BCUT2D eigenvalue weighted by Gasteiger charge is -2.13. The van der Waals surface area contributed by atoms with Crippen LogP contribution in [0.15, 0.2) is 47.4 Å². The van der Waals surface area contributed by atoms with Crippen molar-refractivity contribution < 1.29 is 22.1 Å². The molecule has 0 fully saturated rings. The van der Waals surface area contributed by atoms with Gasteiger partial charge >= 0.3 is 5.97 Å². The van der Waals surface area contributed by atoms with E-state index in [1.54, 1.807) is 19.9 Å². The molecule has 0 unspecified atom stereocenters. The number of esters is 1. The van der Waals surface area contributed by atoms with Crippen molar-refractivity contribution in [3.8, 4) is 0 Å². The van der Waals surface area contributed by atoms with Crippen LogP contribution >= 0.6 is 0 Å². The van der Waals surface area contributed by atoms with Crippen LogP contribution in [0.5, 0.6) is 0 Å². The predicted molar refractivity (Wildman–Crippen MR) is 85.7 cm³/mol. The standard InChI is InChI=1S/C17H18O5S/c1-12-9-13(2)16(23(19,20)21-3)15(10-12)17(18)22-11-14-7-5-4-6-8-14/h4-10H,11H2,1-3H3. The largest absolute Gasteiger partial charge is 0.457 e. The van der Waals surface area contributed by atoms with Gasteiger partial charge in [-0.15, -0.1) is 0 Å². The van der Waals surface area contributed by atoms with Crippen molar-refractivity contribution in [2.75, 3.05) is 7.11 Å². The highest BCUT2D eigenvalue weighted by Crippen LogP contribution is 2.25. The highest BCUT2D eigenvalue weighted by atomic mass is 32.2. The molecule has 122 valence electrons. The molecule has 0 radical (unpaired) electrons. The van der Waals surface area contributed by atoms with Crippen molar-refractivity contribution in [2.45, 2.75) is 25.3 Å². The first kappa shape index (κ1) is 17.2. The van der Waals surface area contributed by atoms with Gasteiger partial charge in [-0.1, -0.05) is 36.4 Å². The van der Waals surface area contributed by atoms with Gasteiger partial charge in [0.25, 0.3) is 10.1 Å². The highest BCUT2D eigenvalue weighted by molar-refractivity contribution is 7.86. The molecule has 0 bridgehead atoms. The summed E-state index contributed by atoms with van der Waals surface area (Å²) in [6, 6.07) is 12.3. The molecule has 0 heterocycles. The molecule has 2 aromatic carbocycles. The van der Waals surface area contributed by atoms with Crippen molar-refractivity contribution in [2.24, 2.45) is 0 Å². The second-order valence-corrected chi connectivity index (χ2v) is 6.79. The minimum Gasteiger partial charge on any atom is -0.457 e. The average molecular weight is 334 g/mol. The molecule has 23 heavy (non-hydrogen) atoms. The number of ether oxygens (including phenoxy) is 1. The maximum Gasteiger partial charge on any atom is 0.339 e. The van der Waals surface area contributed by atoms with E-state index in [1.165, 1.54) is 6.07 Å². The molecule has 5 nitrogen and oxygen atoms in total. The lowest BCUT2D eigenvalue weighted by Crippen LogP contribution is -2.15. The van der Waals surface area contributed by atoms with Crippen LogP contribution in [0.4, 0.5) is 0 Å². The maximum atomic E-state index is 12.4. The lowest BCUT2D eigenvalue weighted by atomic mass is 10.1. The monoisotopic (exact) mass is 334 g/mol. The summed E-state index contributed by atoms with van der Waals surface area (Å²) in [4.78, 5) is 12.2. The molecule has 0 aliphatic rings. The van der Waals surface area contributed by atoms with Crippen molar-refractivity contribution >= 4 is 16.1 Å². The maximum absolute atomic E-state index is 12.4. The Morgan fingerprint density at radius 3 is 2.35 bits per heavy atom. The van der Waals surface area contributed by atoms with E-state index in [9.17, 15) is 13.2 Å². The van der Waals surface area contributed by atoms with Gasteiger partial charge in [0.05, 0.1) is 12.7 Å². The van der Waals surface area contributed by atoms with Crippen LogP contribution in [0.1, 0.15) is 27.0 Å². The number of hydrogen-bond donors (Lipinski definition) is 0. The van der Waals surface area contributed by atoms with E-state index in [0.717, 1.165) is 18.2 Å². The number of benzene rings is 2. The minimum absolute atomic E-state index is 0.0136. The zero-order chi connectivity index (χ0) is 17.0. The van der Waals surface area contributed by atoms with Crippen LogP contribution in [-0.2, 0) is 25.6 Å². The van der Waals surface area contributed by atoms with E-state index in [4.69, 9.17) is 4.74 Å². The summed E-state index contributed by atoms with van der Waals surface area (Å²) in [7, 11) is -2.94. The van der Waals surface area contributed by atoms with Crippen LogP contribution in [0.2, 0.25) is 0 Å². The van der Waals surface area contributed by atoms with Crippen LogP contribution in [0, 0.1) is 13.8 Å². The van der Waals surface area contributed by atoms with Gasteiger partial charge < -0.3 is 4.74 Å². The van der Waals surface area contributed by atoms with E-state index in [-0.39, 0.29) is 17.1 Å². The molecular formula is C17H18O5S. The van der Waals surface area contributed by atoms with Crippen LogP contribution in [0.3, 0.4) is 0 Å². The fourth-order valence-electron chi connectivity index (χ4n) is 2.32. The van der Waals surface area contributed by atoms with E-state index in [2.05, 4.69) is 4.18 Å². The van der Waals surface area contributed by atoms with Crippen LogP contribution < -0.4 is 0 Å². The Labute approximate surface area is 136 Å². The Balaban J connectivity index is 2.36. The number of carbonyl (C=O) groups is 1. The van der Waals surface area contributed by atoms with E-state index >= 15 is 0 Å². The van der Waals surface area contributed by atoms with Crippen molar-refractivity contribution in [1.82, 2.24) is 0 Å². The lowest BCUT2D eigenvalue weighted by molar-refractivity contribution is 0.0467. The van der Waals surface area contributed by atoms with Gasteiger partial charge in [0.2, 0.25) is 0 Å². The normalized spacial score (nSPS) is 11.3. The Hall–Kier alpha value is -2.18.